The quantitative estimate of drug-likeness (QED) is 0.773. The van der Waals surface area contributed by atoms with Gasteiger partial charge in [0.15, 0.2) is 0 Å². The van der Waals surface area contributed by atoms with Crippen LogP contribution in [0.2, 0.25) is 0 Å². The molecule has 0 aliphatic carbocycles. The van der Waals surface area contributed by atoms with E-state index in [0.29, 0.717) is 17.9 Å². The Morgan fingerprint density at radius 1 is 1.37 bits per heavy atom. The minimum absolute atomic E-state index is 0.0318. The van der Waals surface area contributed by atoms with Gasteiger partial charge in [0, 0.05) is 12.1 Å². The number of ether oxygens (including phenoxy) is 2. The van der Waals surface area contributed by atoms with Crippen LogP contribution in [0.15, 0.2) is 18.2 Å². The fourth-order valence-electron chi connectivity index (χ4n) is 1.61. The maximum Gasteiger partial charge on any atom is 0.223 e. The van der Waals surface area contributed by atoms with Crippen LogP contribution in [0.3, 0.4) is 0 Å². The van der Waals surface area contributed by atoms with Gasteiger partial charge in [-0.3, -0.25) is 4.79 Å². The van der Waals surface area contributed by atoms with Crippen LogP contribution in [0.4, 0.5) is 0 Å². The Kier molecular flexibility index (Phi) is 5.63. The molecule has 1 amide bonds. The van der Waals surface area contributed by atoms with Gasteiger partial charge >= 0.3 is 0 Å². The van der Waals surface area contributed by atoms with Crippen LogP contribution in [0, 0.1) is 5.92 Å². The van der Waals surface area contributed by atoms with Crippen LogP contribution >= 0.6 is 0 Å². The largest absolute Gasteiger partial charge is 0.497 e. The number of rotatable bonds is 7. The third-order valence-corrected chi connectivity index (χ3v) is 2.79. The second-order valence-corrected chi connectivity index (χ2v) is 4.77. The van der Waals surface area contributed by atoms with Gasteiger partial charge in [0.1, 0.15) is 11.5 Å². The lowest BCUT2D eigenvalue weighted by Crippen LogP contribution is -2.26. The second-order valence-electron chi connectivity index (χ2n) is 4.77. The average Bonchev–Trinajstić information content (AvgIpc) is 2.36. The van der Waals surface area contributed by atoms with Crippen LogP contribution in [0.1, 0.15) is 19.4 Å². The van der Waals surface area contributed by atoms with Gasteiger partial charge in [-0.1, -0.05) is 13.0 Å². The topological polar surface area (TPSA) is 87.6 Å². The van der Waals surface area contributed by atoms with Crippen molar-refractivity contribution in [1.82, 2.24) is 0 Å². The summed E-state index contributed by atoms with van der Waals surface area (Å²) in [5, 5.41) is 0. The molecule has 1 aromatic carbocycles. The number of hydrogen-bond acceptors (Lipinski definition) is 4. The van der Waals surface area contributed by atoms with E-state index in [-0.39, 0.29) is 24.5 Å². The molecule has 0 saturated heterocycles. The molecule has 0 aliphatic rings. The van der Waals surface area contributed by atoms with Gasteiger partial charge in [0.25, 0.3) is 0 Å². The van der Waals surface area contributed by atoms with Crippen molar-refractivity contribution < 1.29 is 14.3 Å². The molecule has 4 N–H and O–H groups in total. The van der Waals surface area contributed by atoms with Crippen LogP contribution in [-0.4, -0.2) is 25.7 Å². The zero-order chi connectivity index (χ0) is 14.4. The van der Waals surface area contributed by atoms with Gasteiger partial charge in [-0.25, -0.2) is 0 Å². The lowest BCUT2D eigenvalue weighted by Gasteiger charge is -2.16. The van der Waals surface area contributed by atoms with Crippen molar-refractivity contribution in [3.8, 4) is 11.5 Å². The predicted octanol–water partition coefficient (Wildman–Crippen LogP) is 1.09. The summed E-state index contributed by atoms with van der Waals surface area (Å²) in [7, 11) is 1.59. The molecule has 2 unspecified atom stereocenters. The van der Waals surface area contributed by atoms with E-state index < -0.39 is 0 Å². The first-order chi connectivity index (χ1) is 8.93. The Morgan fingerprint density at radius 2 is 2.05 bits per heavy atom. The normalized spacial score (nSPS) is 13.7. The van der Waals surface area contributed by atoms with Crippen molar-refractivity contribution in [2.45, 2.75) is 26.3 Å². The zero-order valence-electron chi connectivity index (χ0n) is 11.7. The van der Waals surface area contributed by atoms with E-state index in [4.69, 9.17) is 20.9 Å². The Morgan fingerprint density at radius 3 is 2.58 bits per heavy atom. The number of primary amides is 1. The molecule has 5 nitrogen and oxygen atoms in total. The van der Waals surface area contributed by atoms with Crippen LogP contribution in [-0.2, 0) is 11.2 Å². The van der Waals surface area contributed by atoms with Crippen LogP contribution in [0.5, 0.6) is 11.5 Å². The highest BCUT2D eigenvalue weighted by atomic mass is 16.5. The van der Waals surface area contributed by atoms with E-state index in [9.17, 15) is 4.79 Å². The van der Waals surface area contributed by atoms with Gasteiger partial charge in [0.2, 0.25) is 5.91 Å². The lowest BCUT2D eigenvalue weighted by atomic mass is 10.1. The van der Waals surface area contributed by atoms with E-state index in [1.807, 2.05) is 19.1 Å². The van der Waals surface area contributed by atoms with Crippen LogP contribution < -0.4 is 20.9 Å². The number of carbonyl (C=O) groups is 1. The number of methoxy groups -OCH3 is 1. The maximum absolute atomic E-state index is 11.0. The van der Waals surface area contributed by atoms with Gasteiger partial charge in [-0.05, 0) is 25.0 Å². The van der Waals surface area contributed by atoms with Crippen molar-refractivity contribution in [3.63, 3.8) is 0 Å². The Balaban J connectivity index is 2.85. The highest BCUT2D eigenvalue weighted by Gasteiger charge is 2.13. The number of benzene rings is 1. The summed E-state index contributed by atoms with van der Waals surface area (Å²) >= 11 is 0. The summed E-state index contributed by atoms with van der Waals surface area (Å²) in [5.41, 5.74) is 12.0. The molecule has 0 aromatic heterocycles. The van der Waals surface area contributed by atoms with E-state index in [0.717, 1.165) is 5.56 Å². The molecule has 1 aromatic rings. The molecule has 0 heterocycles. The van der Waals surface area contributed by atoms with E-state index in [2.05, 4.69) is 0 Å². The minimum Gasteiger partial charge on any atom is -0.497 e. The van der Waals surface area contributed by atoms with Crippen LogP contribution in [0.25, 0.3) is 0 Å². The number of carbonyl (C=O) groups excluding carboxylic acids is 1. The fraction of sp³-hybridized carbons (Fsp3) is 0.500. The van der Waals surface area contributed by atoms with Gasteiger partial charge < -0.3 is 20.9 Å². The molecule has 0 radical (unpaired) electrons. The fourth-order valence-corrected chi connectivity index (χ4v) is 1.61. The maximum atomic E-state index is 11.0. The first-order valence-electron chi connectivity index (χ1n) is 6.28. The van der Waals surface area contributed by atoms with Crippen molar-refractivity contribution in [1.29, 1.82) is 0 Å². The van der Waals surface area contributed by atoms with Gasteiger partial charge in [-0.2, -0.15) is 0 Å². The zero-order valence-corrected chi connectivity index (χ0v) is 11.7. The molecule has 5 heteroatoms. The Hall–Kier alpha value is -1.75. The monoisotopic (exact) mass is 266 g/mol. The summed E-state index contributed by atoms with van der Waals surface area (Å²) in [5.74, 6) is 0.672. The second kappa shape index (κ2) is 6.99. The molecular weight excluding hydrogens is 244 g/mol. The first-order valence-corrected chi connectivity index (χ1v) is 6.28. The van der Waals surface area contributed by atoms with Crippen molar-refractivity contribution in [3.05, 3.63) is 23.8 Å². The summed E-state index contributed by atoms with van der Waals surface area (Å²) in [6.45, 7) is 3.90. The molecule has 19 heavy (non-hydrogen) atoms. The first kappa shape index (κ1) is 15.3. The number of nitrogens with two attached hydrogens (primary N) is 2. The predicted molar refractivity (Wildman–Crippen MR) is 74.2 cm³/mol. The highest BCUT2D eigenvalue weighted by Crippen LogP contribution is 2.26. The molecule has 0 saturated carbocycles. The average molecular weight is 266 g/mol. The van der Waals surface area contributed by atoms with Crippen molar-refractivity contribution in [2.75, 3.05) is 13.7 Å². The number of hydrogen-bond donors (Lipinski definition) is 2. The summed E-state index contributed by atoms with van der Waals surface area (Å²) in [6.07, 6.45) is 0.699. The van der Waals surface area contributed by atoms with E-state index >= 15 is 0 Å². The van der Waals surface area contributed by atoms with Gasteiger partial charge in [-0.15, -0.1) is 0 Å². The summed E-state index contributed by atoms with van der Waals surface area (Å²) in [4.78, 5) is 11.0. The molecule has 106 valence electrons. The minimum atomic E-state index is -0.378. The lowest BCUT2D eigenvalue weighted by molar-refractivity contribution is -0.122. The van der Waals surface area contributed by atoms with Gasteiger partial charge in [0.05, 0.1) is 19.6 Å². The third kappa shape index (κ3) is 4.79. The standard InChI is InChI=1S/C14H22N2O3/c1-9(14(16)17)8-19-13-7-12(18-3)5-4-11(13)6-10(2)15/h4-5,7,9-10H,6,8,15H2,1-3H3,(H2,16,17). The Bertz CT molecular complexity index is 433. The molecule has 0 fully saturated rings. The molecular formula is C14H22N2O3. The molecule has 0 bridgehead atoms. The molecule has 0 spiro atoms. The molecule has 2 atom stereocenters. The highest BCUT2D eigenvalue weighted by molar-refractivity contribution is 5.76. The summed E-state index contributed by atoms with van der Waals surface area (Å²) < 4.78 is 10.8. The Labute approximate surface area is 113 Å². The van der Waals surface area contributed by atoms with E-state index in [1.54, 1.807) is 20.1 Å². The van der Waals surface area contributed by atoms with Crippen molar-refractivity contribution in [2.24, 2.45) is 17.4 Å². The third-order valence-electron chi connectivity index (χ3n) is 2.79. The van der Waals surface area contributed by atoms with Crippen molar-refractivity contribution >= 4 is 5.91 Å². The smallest absolute Gasteiger partial charge is 0.223 e. The summed E-state index contributed by atoms with van der Waals surface area (Å²) in [6, 6.07) is 5.62. The number of amides is 1. The van der Waals surface area contributed by atoms with E-state index in [1.165, 1.54) is 0 Å². The molecule has 0 aliphatic heterocycles. The SMILES string of the molecule is COc1ccc(CC(C)N)c(OCC(C)C(N)=O)c1. The molecule has 1 rings (SSSR count).